The maximum atomic E-state index is 11.6. The predicted molar refractivity (Wildman–Crippen MR) is 72.1 cm³/mol. The maximum absolute atomic E-state index is 11.6. The molecule has 1 heterocycles. The Morgan fingerprint density at radius 2 is 2.11 bits per heavy atom. The number of ether oxygens (including phenoxy) is 2. The Kier molecular flexibility index (Phi) is 4.63. The number of benzene rings is 1. The zero-order valence-electron chi connectivity index (χ0n) is 11.1. The molecule has 5 nitrogen and oxygen atoms in total. The van der Waals surface area contributed by atoms with Crippen molar-refractivity contribution in [3.63, 3.8) is 0 Å². The van der Waals surface area contributed by atoms with Gasteiger partial charge < -0.3 is 20.5 Å². The second-order valence-corrected chi connectivity index (χ2v) is 4.69. The minimum atomic E-state index is -0.166. The van der Waals surface area contributed by atoms with E-state index in [1.807, 2.05) is 25.1 Å². The number of hydrogen-bond acceptors (Lipinski definition) is 4. The predicted octanol–water partition coefficient (Wildman–Crippen LogP) is 1.06. The number of rotatable bonds is 4. The van der Waals surface area contributed by atoms with Gasteiger partial charge in [-0.1, -0.05) is 13.0 Å². The van der Waals surface area contributed by atoms with E-state index in [-0.39, 0.29) is 11.8 Å². The van der Waals surface area contributed by atoms with Gasteiger partial charge in [0.2, 0.25) is 5.91 Å². The van der Waals surface area contributed by atoms with Crippen molar-refractivity contribution in [2.75, 3.05) is 19.8 Å². The molecule has 1 aliphatic heterocycles. The molecule has 1 unspecified atom stereocenters. The molecule has 5 heteroatoms. The fourth-order valence-corrected chi connectivity index (χ4v) is 1.79. The van der Waals surface area contributed by atoms with Crippen LogP contribution in [-0.2, 0) is 11.3 Å². The van der Waals surface area contributed by atoms with E-state index in [1.165, 1.54) is 0 Å². The summed E-state index contributed by atoms with van der Waals surface area (Å²) >= 11 is 0. The third-order valence-electron chi connectivity index (χ3n) is 3.08. The van der Waals surface area contributed by atoms with Crippen LogP contribution in [0.15, 0.2) is 18.2 Å². The Bertz CT molecular complexity index is 448. The molecule has 0 saturated heterocycles. The monoisotopic (exact) mass is 264 g/mol. The van der Waals surface area contributed by atoms with Crippen molar-refractivity contribution >= 4 is 5.91 Å². The molecule has 0 aliphatic carbocycles. The smallest absolute Gasteiger partial charge is 0.224 e. The van der Waals surface area contributed by atoms with Gasteiger partial charge in [0.25, 0.3) is 0 Å². The van der Waals surface area contributed by atoms with Gasteiger partial charge in [0, 0.05) is 25.4 Å². The molecule has 0 saturated carbocycles. The zero-order chi connectivity index (χ0) is 13.7. The molecule has 0 radical (unpaired) electrons. The van der Waals surface area contributed by atoms with Gasteiger partial charge in [0.05, 0.1) is 13.2 Å². The van der Waals surface area contributed by atoms with E-state index in [4.69, 9.17) is 15.2 Å². The Labute approximate surface area is 113 Å². The van der Waals surface area contributed by atoms with Gasteiger partial charge in [-0.2, -0.15) is 0 Å². The van der Waals surface area contributed by atoms with E-state index in [2.05, 4.69) is 5.32 Å². The number of hydrogen-bond donors (Lipinski definition) is 2. The fourth-order valence-electron chi connectivity index (χ4n) is 1.79. The summed E-state index contributed by atoms with van der Waals surface area (Å²) in [7, 11) is 0. The summed E-state index contributed by atoms with van der Waals surface area (Å²) in [4.78, 5) is 11.6. The minimum Gasteiger partial charge on any atom is -0.490 e. The molecule has 0 fully saturated rings. The van der Waals surface area contributed by atoms with Crippen LogP contribution in [0.3, 0.4) is 0 Å². The third kappa shape index (κ3) is 3.61. The molecule has 3 N–H and O–H groups in total. The van der Waals surface area contributed by atoms with Gasteiger partial charge >= 0.3 is 0 Å². The molecule has 0 spiro atoms. The van der Waals surface area contributed by atoms with E-state index in [9.17, 15) is 4.79 Å². The number of nitrogens with two attached hydrogens (primary N) is 1. The summed E-state index contributed by atoms with van der Waals surface area (Å²) in [6.45, 7) is 3.97. The topological polar surface area (TPSA) is 73.6 Å². The highest BCUT2D eigenvalue weighted by Crippen LogP contribution is 2.30. The first-order valence-corrected chi connectivity index (χ1v) is 6.57. The summed E-state index contributed by atoms with van der Waals surface area (Å²) < 4.78 is 11.2. The summed E-state index contributed by atoms with van der Waals surface area (Å²) in [5.41, 5.74) is 6.44. The zero-order valence-corrected chi connectivity index (χ0v) is 11.1. The second kappa shape index (κ2) is 6.43. The quantitative estimate of drug-likeness (QED) is 0.852. The lowest BCUT2D eigenvalue weighted by molar-refractivity contribution is -0.124. The lowest BCUT2D eigenvalue weighted by atomic mass is 10.1. The van der Waals surface area contributed by atoms with Gasteiger partial charge in [-0.3, -0.25) is 4.79 Å². The average molecular weight is 264 g/mol. The Balaban J connectivity index is 1.98. The molecular formula is C14H20N2O3. The molecule has 2 rings (SSSR count). The molecule has 104 valence electrons. The highest BCUT2D eigenvalue weighted by atomic mass is 16.5. The fraction of sp³-hybridized carbons (Fsp3) is 0.500. The van der Waals surface area contributed by atoms with E-state index >= 15 is 0 Å². The van der Waals surface area contributed by atoms with Gasteiger partial charge in [-0.05, 0) is 17.7 Å². The Hall–Kier alpha value is -1.75. The molecule has 1 atom stereocenters. The van der Waals surface area contributed by atoms with Crippen LogP contribution >= 0.6 is 0 Å². The first-order chi connectivity index (χ1) is 9.20. The van der Waals surface area contributed by atoms with Gasteiger partial charge in [-0.25, -0.2) is 0 Å². The highest BCUT2D eigenvalue weighted by Gasteiger charge is 2.12. The van der Waals surface area contributed by atoms with Gasteiger partial charge in [0.1, 0.15) is 0 Å². The molecule has 0 bridgehead atoms. The SMILES string of the molecule is CC(CN)C(=O)NCc1ccc2c(c1)OCCCO2. The molecule has 1 aromatic rings. The van der Waals surface area contributed by atoms with Crippen molar-refractivity contribution < 1.29 is 14.3 Å². The Morgan fingerprint density at radius 1 is 1.37 bits per heavy atom. The van der Waals surface area contributed by atoms with E-state index in [0.717, 1.165) is 23.5 Å². The number of carbonyl (C=O) groups excluding carboxylic acids is 1. The average Bonchev–Trinajstić information content (AvgIpc) is 2.68. The maximum Gasteiger partial charge on any atom is 0.224 e. The first-order valence-electron chi connectivity index (χ1n) is 6.57. The Morgan fingerprint density at radius 3 is 2.84 bits per heavy atom. The molecule has 1 aliphatic rings. The molecule has 1 aromatic carbocycles. The van der Waals surface area contributed by atoms with Crippen molar-refractivity contribution in [1.29, 1.82) is 0 Å². The van der Waals surface area contributed by atoms with Crippen LogP contribution in [0, 0.1) is 5.92 Å². The lowest BCUT2D eigenvalue weighted by Crippen LogP contribution is -2.32. The summed E-state index contributed by atoms with van der Waals surface area (Å²) in [6, 6.07) is 5.73. The van der Waals surface area contributed by atoms with E-state index in [1.54, 1.807) is 0 Å². The molecule has 0 aromatic heterocycles. The van der Waals surface area contributed by atoms with Crippen LogP contribution in [0.2, 0.25) is 0 Å². The highest BCUT2D eigenvalue weighted by molar-refractivity contribution is 5.78. The summed E-state index contributed by atoms with van der Waals surface area (Å²) in [5, 5.41) is 2.86. The van der Waals surface area contributed by atoms with Crippen LogP contribution < -0.4 is 20.5 Å². The normalized spacial score (nSPS) is 15.5. The first kappa shape index (κ1) is 13.7. The number of fused-ring (bicyclic) bond motifs is 1. The van der Waals surface area contributed by atoms with Crippen molar-refractivity contribution in [2.45, 2.75) is 19.9 Å². The summed E-state index contributed by atoms with van der Waals surface area (Å²) in [6.07, 6.45) is 0.884. The largest absolute Gasteiger partial charge is 0.490 e. The van der Waals surface area contributed by atoms with Crippen LogP contribution in [-0.4, -0.2) is 25.7 Å². The third-order valence-corrected chi connectivity index (χ3v) is 3.08. The lowest BCUT2D eigenvalue weighted by Gasteiger charge is -2.12. The summed E-state index contributed by atoms with van der Waals surface area (Å²) in [5.74, 6) is 1.31. The van der Waals surface area contributed by atoms with Crippen LogP contribution in [0.4, 0.5) is 0 Å². The molecule has 19 heavy (non-hydrogen) atoms. The number of nitrogens with one attached hydrogen (secondary N) is 1. The van der Waals surface area contributed by atoms with Crippen LogP contribution in [0.5, 0.6) is 11.5 Å². The molecule has 1 amide bonds. The van der Waals surface area contributed by atoms with E-state index < -0.39 is 0 Å². The number of carbonyl (C=O) groups is 1. The minimum absolute atomic E-state index is 0.0328. The van der Waals surface area contributed by atoms with Crippen LogP contribution in [0.25, 0.3) is 0 Å². The van der Waals surface area contributed by atoms with Crippen molar-refractivity contribution in [3.8, 4) is 11.5 Å². The second-order valence-electron chi connectivity index (χ2n) is 4.69. The van der Waals surface area contributed by atoms with Gasteiger partial charge in [-0.15, -0.1) is 0 Å². The van der Waals surface area contributed by atoms with Crippen molar-refractivity contribution in [3.05, 3.63) is 23.8 Å². The van der Waals surface area contributed by atoms with Crippen molar-refractivity contribution in [2.24, 2.45) is 11.7 Å². The van der Waals surface area contributed by atoms with E-state index in [0.29, 0.717) is 26.3 Å². The number of amides is 1. The molecular weight excluding hydrogens is 244 g/mol. The van der Waals surface area contributed by atoms with Crippen LogP contribution in [0.1, 0.15) is 18.9 Å². The van der Waals surface area contributed by atoms with Crippen molar-refractivity contribution in [1.82, 2.24) is 5.32 Å². The van der Waals surface area contributed by atoms with Gasteiger partial charge in [0.15, 0.2) is 11.5 Å². The standard InChI is InChI=1S/C14H20N2O3/c1-10(8-15)14(17)16-9-11-3-4-12-13(7-11)19-6-2-5-18-12/h3-4,7,10H,2,5-6,8-9,15H2,1H3,(H,16,17).